The summed E-state index contributed by atoms with van der Waals surface area (Å²) in [4.78, 5) is 21.8. The number of halogens is 1. The number of aromatic nitrogens is 2. The third kappa shape index (κ3) is 5.01. The second kappa shape index (κ2) is 9.58. The zero-order valence-corrected chi connectivity index (χ0v) is 17.9. The molecule has 1 unspecified atom stereocenters. The molecule has 156 valence electrons. The van der Waals surface area contributed by atoms with Crippen molar-refractivity contribution in [1.82, 2.24) is 15.3 Å². The molecule has 0 aliphatic rings. The summed E-state index contributed by atoms with van der Waals surface area (Å²) in [5, 5.41) is 7.84. The minimum atomic E-state index is -0.0413. The Morgan fingerprint density at radius 1 is 0.935 bits per heavy atom. The normalized spacial score (nSPS) is 11.8. The molecule has 1 atom stereocenters. The standard InChI is InChI=1S/C25H23ClN4O/c1-17(18-9-3-2-4-10-18)28-23(31)15-16-27-24-20-12-6-8-14-22(20)29-25(30-24)19-11-5-7-13-21(19)26/h2-14,17H,15-16H2,1H3,(H,28,31)(H,27,29,30). The van der Waals surface area contributed by atoms with Crippen LogP contribution in [0.3, 0.4) is 0 Å². The third-order valence-electron chi connectivity index (χ3n) is 5.04. The van der Waals surface area contributed by atoms with E-state index in [0.29, 0.717) is 29.6 Å². The molecule has 3 aromatic carbocycles. The van der Waals surface area contributed by atoms with Gasteiger partial charge < -0.3 is 10.6 Å². The molecule has 5 nitrogen and oxygen atoms in total. The number of carbonyl (C=O) groups excluding carboxylic acids is 1. The molecule has 0 saturated carbocycles. The molecule has 1 aromatic heterocycles. The minimum Gasteiger partial charge on any atom is -0.369 e. The van der Waals surface area contributed by atoms with E-state index in [1.807, 2.05) is 85.8 Å². The van der Waals surface area contributed by atoms with E-state index in [1.165, 1.54) is 0 Å². The van der Waals surface area contributed by atoms with E-state index >= 15 is 0 Å². The first-order valence-corrected chi connectivity index (χ1v) is 10.6. The van der Waals surface area contributed by atoms with Gasteiger partial charge in [0, 0.05) is 23.9 Å². The molecule has 4 rings (SSSR count). The van der Waals surface area contributed by atoms with Crippen LogP contribution < -0.4 is 10.6 Å². The van der Waals surface area contributed by atoms with Gasteiger partial charge in [0.2, 0.25) is 5.91 Å². The Bertz CT molecular complexity index is 1200. The van der Waals surface area contributed by atoms with Crippen molar-refractivity contribution in [3.05, 3.63) is 89.4 Å². The van der Waals surface area contributed by atoms with Crippen LogP contribution in [0.5, 0.6) is 0 Å². The monoisotopic (exact) mass is 430 g/mol. The first-order chi connectivity index (χ1) is 15.1. The fourth-order valence-corrected chi connectivity index (χ4v) is 3.63. The molecule has 31 heavy (non-hydrogen) atoms. The molecular formula is C25H23ClN4O. The fraction of sp³-hybridized carbons (Fsp3) is 0.160. The average Bonchev–Trinajstić information content (AvgIpc) is 2.79. The summed E-state index contributed by atoms with van der Waals surface area (Å²) in [6, 6.07) is 25.2. The van der Waals surface area contributed by atoms with Gasteiger partial charge in [0.05, 0.1) is 16.6 Å². The number of amides is 1. The second-order valence-electron chi connectivity index (χ2n) is 7.27. The lowest BCUT2D eigenvalue weighted by atomic mass is 10.1. The van der Waals surface area contributed by atoms with Gasteiger partial charge in [0.1, 0.15) is 5.82 Å². The molecule has 6 heteroatoms. The Hall–Kier alpha value is -3.44. The van der Waals surface area contributed by atoms with E-state index in [-0.39, 0.29) is 11.9 Å². The lowest BCUT2D eigenvalue weighted by Crippen LogP contribution is -2.28. The molecule has 0 fully saturated rings. The van der Waals surface area contributed by atoms with E-state index in [9.17, 15) is 4.79 Å². The van der Waals surface area contributed by atoms with Gasteiger partial charge >= 0.3 is 0 Å². The quantitative estimate of drug-likeness (QED) is 0.398. The van der Waals surface area contributed by atoms with E-state index in [2.05, 4.69) is 15.6 Å². The van der Waals surface area contributed by atoms with Gasteiger partial charge in [0.25, 0.3) is 0 Å². The van der Waals surface area contributed by atoms with Crippen LogP contribution in [0.15, 0.2) is 78.9 Å². The number of anilines is 1. The van der Waals surface area contributed by atoms with Crippen molar-refractivity contribution in [2.75, 3.05) is 11.9 Å². The van der Waals surface area contributed by atoms with Crippen molar-refractivity contribution >= 4 is 34.2 Å². The van der Waals surface area contributed by atoms with Crippen molar-refractivity contribution in [2.45, 2.75) is 19.4 Å². The Kier molecular flexibility index (Phi) is 6.43. The molecule has 4 aromatic rings. The van der Waals surface area contributed by atoms with Crippen LogP contribution in [0.1, 0.15) is 24.9 Å². The maximum Gasteiger partial charge on any atom is 0.222 e. The summed E-state index contributed by atoms with van der Waals surface area (Å²) in [6.07, 6.45) is 0.330. The van der Waals surface area contributed by atoms with Gasteiger partial charge in [-0.3, -0.25) is 4.79 Å². The van der Waals surface area contributed by atoms with E-state index in [4.69, 9.17) is 16.6 Å². The first-order valence-electron chi connectivity index (χ1n) is 10.2. The number of benzene rings is 3. The number of rotatable bonds is 7. The van der Waals surface area contributed by atoms with Gasteiger partial charge in [-0.05, 0) is 36.8 Å². The predicted molar refractivity (Wildman–Crippen MR) is 126 cm³/mol. The lowest BCUT2D eigenvalue weighted by molar-refractivity contribution is -0.121. The van der Waals surface area contributed by atoms with Gasteiger partial charge in [-0.2, -0.15) is 0 Å². The SMILES string of the molecule is CC(NC(=O)CCNc1nc(-c2ccccc2Cl)nc2ccccc12)c1ccccc1. The Morgan fingerprint density at radius 2 is 1.65 bits per heavy atom. The van der Waals surface area contributed by atoms with Crippen molar-refractivity contribution in [3.63, 3.8) is 0 Å². The van der Waals surface area contributed by atoms with Crippen molar-refractivity contribution in [3.8, 4) is 11.4 Å². The molecule has 2 N–H and O–H groups in total. The van der Waals surface area contributed by atoms with Crippen molar-refractivity contribution < 1.29 is 4.79 Å². The van der Waals surface area contributed by atoms with Crippen LogP contribution in [0.4, 0.5) is 5.82 Å². The Balaban J connectivity index is 1.48. The summed E-state index contributed by atoms with van der Waals surface area (Å²) in [7, 11) is 0. The molecule has 0 bridgehead atoms. The number of hydrogen-bond donors (Lipinski definition) is 2. The van der Waals surface area contributed by atoms with Crippen molar-refractivity contribution in [2.24, 2.45) is 0 Å². The van der Waals surface area contributed by atoms with Gasteiger partial charge in [-0.15, -0.1) is 0 Å². The summed E-state index contributed by atoms with van der Waals surface area (Å²) < 4.78 is 0. The summed E-state index contributed by atoms with van der Waals surface area (Å²) in [5.74, 6) is 1.21. The van der Waals surface area contributed by atoms with E-state index in [0.717, 1.165) is 22.0 Å². The highest BCUT2D eigenvalue weighted by Gasteiger charge is 2.13. The zero-order chi connectivity index (χ0) is 21.6. The molecular weight excluding hydrogens is 408 g/mol. The molecule has 0 spiro atoms. The maximum absolute atomic E-state index is 12.4. The average molecular weight is 431 g/mol. The highest BCUT2D eigenvalue weighted by Crippen LogP contribution is 2.29. The number of nitrogens with one attached hydrogen (secondary N) is 2. The van der Waals surface area contributed by atoms with E-state index in [1.54, 1.807) is 0 Å². The number of hydrogen-bond acceptors (Lipinski definition) is 4. The van der Waals surface area contributed by atoms with Crippen molar-refractivity contribution in [1.29, 1.82) is 0 Å². The number of nitrogens with zero attached hydrogens (tertiary/aromatic N) is 2. The van der Waals surface area contributed by atoms with Gasteiger partial charge in [0.15, 0.2) is 5.82 Å². The largest absolute Gasteiger partial charge is 0.369 e. The minimum absolute atomic E-state index is 0.0199. The number of fused-ring (bicyclic) bond motifs is 1. The molecule has 0 aliphatic heterocycles. The number of para-hydroxylation sites is 1. The van der Waals surface area contributed by atoms with Crippen LogP contribution in [0.25, 0.3) is 22.3 Å². The Morgan fingerprint density at radius 3 is 2.45 bits per heavy atom. The van der Waals surface area contributed by atoms with Crippen LogP contribution in [-0.2, 0) is 4.79 Å². The zero-order valence-electron chi connectivity index (χ0n) is 17.2. The third-order valence-corrected chi connectivity index (χ3v) is 5.37. The van der Waals surface area contributed by atoms with E-state index < -0.39 is 0 Å². The molecule has 1 amide bonds. The summed E-state index contributed by atoms with van der Waals surface area (Å²) >= 11 is 6.35. The topological polar surface area (TPSA) is 66.9 Å². The molecule has 1 heterocycles. The van der Waals surface area contributed by atoms with Crippen LogP contribution in [0, 0.1) is 0 Å². The number of carbonyl (C=O) groups is 1. The smallest absolute Gasteiger partial charge is 0.222 e. The maximum atomic E-state index is 12.4. The first kappa shape index (κ1) is 20.8. The Labute approximate surface area is 186 Å². The van der Waals surface area contributed by atoms with Crippen LogP contribution >= 0.6 is 11.6 Å². The molecule has 0 saturated heterocycles. The fourth-order valence-electron chi connectivity index (χ4n) is 3.41. The highest BCUT2D eigenvalue weighted by molar-refractivity contribution is 6.33. The summed E-state index contributed by atoms with van der Waals surface area (Å²) in [6.45, 7) is 2.44. The lowest BCUT2D eigenvalue weighted by Gasteiger charge is -2.15. The molecule has 0 radical (unpaired) electrons. The van der Waals surface area contributed by atoms with Crippen LogP contribution in [-0.4, -0.2) is 22.4 Å². The van der Waals surface area contributed by atoms with Gasteiger partial charge in [-0.25, -0.2) is 9.97 Å². The predicted octanol–water partition coefficient (Wildman–Crippen LogP) is 5.63. The molecule has 0 aliphatic carbocycles. The highest BCUT2D eigenvalue weighted by atomic mass is 35.5. The second-order valence-corrected chi connectivity index (χ2v) is 7.68. The van der Waals surface area contributed by atoms with Crippen LogP contribution in [0.2, 0.25) is 5.02 Å². The summed E-state index contributed by atoms with van der Waals surface area (Å²) in [5.41, 5.74) is 2.67. The van der Waals surface area contributed by atoms with Gasteiger partial charge in [-0.1, -0.05) is 66.2 Å².